The van der Waals surface area contributed by atoms with Crippen LogP contribution in [0.1, 0.15) is 22.6 Å². The van der Waals surface area contributed by atoms with Crippen LogP contribution in [-0.4, -0.2) is 14.5 Å². The number of pyridine rings is 1. The predicted molar refractivity (Wildman–Crippen MR) is 77.5 cm³/mol. The van der Waals surface area contributed by atoms with Gasteiger partial charge in [0.25, 0.3) is 0 Å². The maximum atomic E-state index is 5.77. The number of aromatic nitrogens is 3. The Morgan fingerprint density at radius 1 is 1.10 bits per heavy atom. The van der Waals surface area contributed by atoms with Crippen molar-refractivity contribution in [2.75, 3.05) is 0 Å². The van der Waals surface area contributed by atoms with Crippen LogP contribution in [0.15, 0.2) is 41.2 Å². The van der Waals surface area contributed by atoms with Crippen molar-refractivity contribution >= 4 is 0 Å². The van der Waals surface area contributed by atoms with E-state index in [0.29, 0.717) is 0 Å². The van der Waals surface area contributed by atoms with E-state index < -0.39 is 0 Å². The number of hydrogen-bond donors (Lipinski definition) is 0. The molecule has 0 unspecified atom stereocenters. The lowest BCUT2D eigenvalue weighted by Crippen LogP contribution is -2.01. The molecule has 0 aromatic carbocycles. The molecule has 0 bridgehead atoms. The average molecular weight is 267 g/mol. The lowest BCUT2D eigenvalue weighted by Gasteiger charge is -2.06. The zero-order chi connectivity index (χ0) is 14.1. The monoisotopic (exact) mass is 267 g/mol. The minimum Gasteiger partial charge on any atom is -0.458 e. The molecule has 102 valence electrons. The van der Waals surface area contributed by atoms with E-state index in [2.05, 4.69) is 20.6 Å². The highest BCUT2D eigenvalue weighted by atomic mass is 16.3. The van der Waals surface area contributed by atoms with E-state index in [1.165, 1.54) is 5.56 Å². The molecule has 0 atom stereocenters. The van der Waals surface area contributed by atoms with E-state index >= 15 is 0 Å². The summed E-state index contributed by atoms with van der Waals surface area (Å²) >= 11 is 0. The van der Waals surface area contributed by atoms with Crippen molar-refractivity contribution in [1.82, 2.24) is 14.5 Å². The normalized spacial score (nSPS) is 10.9. The second-order valence-corrected chi connectivity index (χ2v) is 5.03. The van der Waals surface area contributed by atoms with Crippen LogP contribution in [-0.2, 0) is 6.54 Å². The first-order valence-electron chi connectivity index (χ1n) is 6.63. The third kappa shape index (κ3) is 2.37. The van der Waals surface area contributed by atoms with Crippen LogP contribution in [0, 0.1) is 20.8 Å². The van der Waals surface area contributed by atoms with Crippen molar-refractivity contribution in [1.29, 1.82) is 0 Å². The van der Waals surface area contributed by atoms with Crippen molar-refractivity contribution in [3.05, 3.63) is 59.4 Å². The molecule has 0 saturated heterocycles. The van der Waals surface area contributed by atoms with Gasteiger partial charge in [-0.2, -0.15) is 0 Å². The molecule has 20 heavy (non-hydrogen) atoms. The van der Waals surface area contributed by atoms with Crippen molar-refractivity contribution in [2.24, 2.45) is 0 Å². The fraction of sp³-hybridized carbons (Fsp3) is 0.250. The highest BCUT2D eigenvalue weighted by Gasteiger charge is 2.12. The molecule has 0 fully saturated rings. The lowest BCUT2D eigenvalue weighted by atomic mass is 10.2. The lowest BCUT2D eigenvalue weighted by molar-refractivity contribution is 0.537. The second-order valence-electron chi connectivity index (χ2n) is 5.03. The molecule has 0 saturated carbocycles. The number of furan rings is 1. The SMILES string of the molecule is Cc1cc(Cn2ccnc2-c2cc(C)c(C)o2)ccn1. The van der Waals surface area contributed by atoms with Gasteiger partial charge in [-0.3, -0.25) is 4.98 Å². The molecule has 0 radical (unpaired) electrons. The molecule has 3 heterocycles. The average Bonchev–Trinajstić information content (AvgIpc) is 2.97. The van der Waals surface area contributed by atoms with Crippen LogP contribution >= 0.6 is 0 Å². The van der Waals surface area contributed by atoms with Gasteiger partial charge in [0.15, 0.2) is 11.6 Å². The van der Waals surface area contributed by atoms with Gasteiger partial charge in [-0.15, -0.1) is 0 Å². The molecule has 0 amide bonds. The van der Waals surface area contributed by atoms with E-state index in [9.17, 15) is 0 Å². The second kappa shape index (κ2) is 4.96. The Hall–Kier alpha value is -2.36. The summed E-state index contributed by atoms with van der Waals surface area (Å²) in [5, 5.41) is 0. The van der Waals surface area contributed by atoms with Gasteiger partial charge in [-0.1, -0.05) is 0 Å². The van der Waals surface area contributed by atoms with Crippen molar-refractivity contribution in [3.8, 4) is 11.6 Å². The summed E-state index contributed by atoms with van der Waals surface area (Å²) in [5.74, 6) is 2.61. The highest BCUT2D eigenvalue weighted by molar-refractivity contribution is 5.50. The summed E-state index contributed by atoms with van der Waals surface area (Å²) in [4.78, 5) is 8.63. The van der Waals surface area contributed by atoms with Crippen LogP contribution in [0.2, 0.25) is 0 Å². The van der Waals surface area contributed by atoms with Crippen LogP contribution < -0.4 is 0 Å². The Labute approximate surface area is 118 Å². The fourth-order valence-electron chi connectivity index (χ4n) is 2.24. The van der Waals surface area contributed by atoms with E-state index in [4.69, 9.17) is 4.42 Å². The molecule has 3 aromatic heterocycles. The van der Waals surface area contributed by atoms with Gasteiger partial charge in [0, 0.05) is 30.8 Å². The molecule has 0 N–H and O–H groups in total. The number of hydrogen-bond acceptors (Lipinski definition) is 3. The molecule has 0 aliphatic carbocycles. The summed E-state index contributed by atoms with van der Waals surface area (Å²) in [7, 11) is 0. The number of nitrogens with zero attached hydrogens (tertiary/aromatic N) is 3. The van der Waals surface area contributed by atoms with Gasteiger partial charge >= 0.3 is 0 Å². The van der Waals surface area contributed by atoms with E-state index in [1.54, 1.807) is 6.20 Å². The van der Waals surface area contributed by atoms with Gasteiger partial charge in [0.2, 0.25) is 0 Å². The Bertz CT molecular complexity index is 720. The van der Waals surface area contributed by atoms with Crippen LogP contribution in [0.3, 0.4) is 0 Å². The smallest absolute Gasteiger partial charge is 0.176 e. The van der Waals surface area contributed by atoms with Gasteiger partial charge in [0.1, 0.15) is 5.76 Å². The zero-order valence-electron chi connectivity index (χ0n) is 11.9. The van der Waals surface area contributed by atoms with Gasteiger partial charge in [-0.25, -0.2) is 4.98 Å². The van der Waals surface area contributed by atoms with Crippen molar-refractivity contribution in [2.45, 2.75) is 27.3 Å². The topological polar surface area (TPSA) is 43.9 Å². The number of rotatable bonds is 3. The summed E-state index contributed by atoms with van der Waals surface area (Å²) in [6, 6.07) is 6.14. The summed E-state index contributed by atoms with van der Waals surface area (Å²) in [5.41, 5.74) is 3.37. The minimum absolute atomic E-state index is 0.761. The summed E-state index contributed by atoms with van der Waals surface area (Å²) < 4.78 is 7.85. The van der Waals surface area contributed by atoms with E-state index in [0.717, 1.165) is 35.1 Å². The molecule has 4 nitrogen and oxygen atoms in total. The quantitative estimate of drug-likeness (QED) is 0.729. The molecule has 0 aliphatic rings. The fourth-order valence-corrected chi connectivity index (χ4v) is 2.24. The highest BCUT2D eigenvalue weighted by Crippen LogP contribution is 2.24. The maximum absolute atomic E-state index is 5.77. The van der Waals surface area contributed by atoms with Crippen molar-refractivity contribution < 1.29 is 4.42 Å². The number of aryl methyl sites for hydroxylation is 3. The molecule has 0 aliphatic heterocycles. The molecule has 0 spiro atoms. The predicted octanol–water partition coefficient (Wildman–Crippen LogP) is 3.51. The van der Waals surface area contributed by atoms with E-state index in [-0.39, 0.29) is 0 Å². The summed E-state index contributed by atoms with van der Waals surface area (Å²) in [6.45, 7) is 6.77. The van der Waals surface area contributed by atoms with Gasteiger partial charge in [0.05, 0.1) is 0 Å². The Balaban J connectivity index is 1.94. The number of imidazole rings is 1. The maximum Gasteiger partial charge on any atom is 0.176 e. The third-order valence-corrected chi connectivity index (χ3v) is 3.42. The van der Waals surface area contributed by atoms with Crippen LogP contribution in [0.5, 0.6) is 0 Å². The van der Waals surface area contributed by atoms with Gasteiger partial charge in [-0.05, 0) is 50.1 Å². The standard InChI is InChI=1S/C16H17N3O/c1-11-8-15(20-13(11)3)16-18-6-7-19(16)10-14-4-5-17-12(2)9-14/h4-9H,10H2,1-3H3. The molecule has 3 aromatic rings. The largest absolute Gasteiger partial charge is 0.458 e. The van der Waals surface area contributed by atoms with Crippen molar-refractivity contribution in [3.63, 3.8) is 0 Å². The third-order valence-electron chi connectivity index (χ3n) is 3.42. The first-order chi connectivity index (χ1) is 9.63. The molecule has 4 heteroatoms. The van der Waals surface area contributed by atoms with Crippen LogP contribution in [0.4, 0.5) is 0 Å². The minimum atomic E-state index is 0.761. The molecule has 3 rings (SSSR count). The molecular weight excluding hydrogens is 250 g/mol. The summed E-state index contributed by atoms with van der Waals surface area (Å²) in [6.07, 6.45) is 5.61. The first kappa shape index (κ1) is 12.7. The Kier molecular flexibility index (Phi) is 3.14. The van der Waals surface area contributed by atoms with Crippen LogP contribution in [0.25, 0.3) is 11.6 Å². The Morgan fingerprint density at radius 2 is 1.95 bits per heavy atom. The van der Waals surface area contributed by atoms with Gasteiger partial charge < -0.3 is 8.98 Å². The first-order valence-corrected chi connectivity index (χ1v) is 6.63. The Morgan fingerprint density at radius 3 is 2.65 bits per heavy atom. The zero-order valence-corrected chi connectivity index (χ0v) is 11.9. The van der Waals surface area contributed by atoms with E-state index in [1.807, 2.05) is 45.3 Å². The molecular formula is C16H17N3O.